The smallest absolute Gasteiger partial charge is 0.341 e. The Kier molecular flexibility index (Phi) is 5.08. The molecule has 1 aliphatic rings. The number of fused-ring (bicyclic) bond motifs is 3. The highest BCUT2D eigenvalue weighted by Gasteiger charge is 2.27. The fraction of sp³-hybridized carbons (Fsp3) is 0.348. The highest BCUT2D eigenvalue weighted by atomic mass is 16.5. The number of aromatic carboxylic acids is 1. The Morgan fingerprint density at radius 1 is 1.10 bits per heavy atom. The van der Waals surface area contributed by atoms with Crippen molar-refractivity contribution in [1.29, 1.82) is 0 Å². The molecule has 0 atom stereocenters. The number of ether oxygens (including phenoxy) is 1. The molecule has 0 spiro atoms. The van der Waals surface area contributed by atoms with Crippen molar-refractivity contribution in [3.05, 3.63) is 58.1 Å². The van der Waals surface area contributed by atoms with Crippen LogP contribution in [0.25, 0.3) is 22.4 Å². The van der Waals surface area contributed by atoms with Crippen LogP contribution in [0.5, 0.6) is 5.75 Å². The second-order valence-electron chi connectivity index (χ2n) is 8.29. The number of hydrogen-bond acceptors (Lipinski definition) is 5. The van der Waals surface area contributed by atoms with Crippen molar-refractivity contribution < 1.29 is 14.6 Å². The van der Waals surface area contributed by atoms with Crippen molar-refractivity contribution in [2.24, 2.45) is 0 Å². The van der Waals surface area contributed by atoms with Gasteiger partial charge in [-0.3, -0.25) is 14.2 Å². The maximum atomic E-state index is 12.5. The highest BCUT2D eigenvalue weighted by Crippen LogP contribution is 2.39. The number of methoxy groups -OCH3 is 1. The Morgan fingerprint density at radius 3 is 2.42 bits per heavy atom. The van der Waals surface area contributed by atoms with Crippen LogP contribution in [0.2, 0.25) is 0 Å². The lowest BCUT2D eigenvalue weighted by Gasteiger charge is -2.38. The Balaban J connectivity index is 1.94. The van der Waals surface area contributed by atoms with E-state index in [1.165, 1.54) is 12.3 Å². The van der Waals surface area contributed by atoms with Crippen LogP contribution in [0.3, 0.4) is 0 Å². The summed E-state index contributed by atoms with van der Waals surface area (Å²) in [7, 11) is 1.61. The normalized spacial score (nSPS) is 12.8. The standard InChI is InChI=1S/C23H26N4O4/c1-13(2)25-10-16(9-24-25)18-6-15-11-26(14(3)4)27-12-19(23(29)30)21(28)8-20(27)17(15)7-22(18)31-5/h6-10,12-14H,11H2,1-5H3,(H,29,30). The molecule has 1 aliphatic heterocycles. The summed E-state index contributed by atoms with van der Waals surface area (Å²) in [5.41, 5.74) is 3.64. The quantitative estimate of drug-likeness (QED) is 0.677. The number of aromatic nitrogens is 3. The van der Waals surface area contributed by atoms with Crippen LogP contribution in [0, 0.1) is 0 Å². The molecular weight excluding hydrogens is 396 g/mol. The molecule has 0 bridgehead atoms. The van der Waals surface area contributed by atoms with Crippen molar-refractivity contribution in [1.82, 2.24) is 14.5 Å². The molecule has 8 nitrogen and oxygen atoms in total. The number of rotatable bonds is 5. The average Bonchev–Trinajstić information content (AvgIpc) is 3.22. The molecule has 0 radical (unpaired) electrons. The SMILES string of the molecule is COc1cc2c(cc1-c1cnn(C(C)C)c1)CN(C(C)C)n1cc(C(=O)O)c(=O)cc1-2. The maximum Gasteiger partial charge on any atom is 0.341 e. The largest absolute Gasteiger partial charge is 0.496 e. The molecule has 8 heteroatoms. The average molecular weight is 422 g/mol. The summed E-state index contributed by atoms with van der Waals surface area (Å²) in [6.07, 6.45) is 5.23. The summed E-state index contributed by atoms with van der Waals surface area (Å²) in [6.45, 7) is 8.77. The number of benzene rings is 1. The van der Waals surface area contributed by atoms with Crippen LogP contribution < -0.4 is 15.2 Å². The number of carboxylic acids is 1. The van der Waals surface area contributed by atoms with Gasteiger partial charge in [0.2, 0.25) is 0 Å². The van der Waals surface area contributed by atoms with Crippen LogP contribution in [0.1, 0.15) is 49.7 Å². The second kappa shape index (κ2) is 7.61. The lowest BCUT2D eigenvalue weighted by molar-refractivity contribution is 0.0694. The summed E-state index contributed by atoms with van der Waals surface area (Å²) in [6, 6.07) is 5.72. The predicted octanol–water partition coefficient (Wildman–Crippen LogP) is 3.53. The Labute approximate surface area is 180 Å². The number of hydrogen-bond donors (Lipinski definition) is 1. The molecule has 4 rings (SSSR count). The van der Waals surface area contributed by atoms with Gasteiger partial charge in [-0.2, -0.15) is 5.10 Å². The molecule has 2 aromatic heterocycles. The van der Waals surface area contributed by atoms with E-state index in [1.54, 1.807) is 11.8 Å². The summed E-state index contributed by atoms with van der Waals surface area (Å²) in [5.74, 6) is -0.564. The Hall–Kier alpha value is -3.55. The van der Waals surface area contributed by atoms with Gasteiger partial charge in [0, 0.05) is 47.2 Å². The van der Waals surface area contributed by atoms with Crippen LogP contribution in [0.15, 0.2) is 41.6 Å². The molecule has 0 unspecified atom stereocenters. The first-order chi connectivity index (χ1) is 14.7. The zero-order valence-corrected chi connectivity index (χ0v) is 18.3. The Morgan fingerprint density at radius 2 is 1.84 bits per heavy atom. The third kappa shape index (κ3) is 3.48. The van der Waals surface area contributed by atoms with Gasteiger partial charge in [-0.25, -0.2) is 4.79 Å². The molecule has 0 amide bonds. The number of pyridine rings is 1. The maximum absolute atomic E-state index is 12.5. The van der Waals surface area contributed by atoms with Crippen LogP contribution in [-0.4, -0.2) is 38.7 Å². The van der Waals surface area contributed by atoms with E-state index in [2.05, 4.69) is 25.0 Å². The van der Waals surface area contributed by atoms with Gasteiger partial charge in [0.1, 0.15) is 11.3 Å². The second-order valence-corrected chi connectivity index (χ2v) is 8.29. The molecule has 162 valence electrons. The first-order valence-electron chi connectivity index (χ1n) is 10.2. The van der Waals surface area contributed by atoms with Gasteiger partial charge in [0.05, 0.1) is 25.5 Å². The topological polar surface area (TPSA) is 89.6 Å². The molecule has 0 saturated heterocycles. The lowest BCUT2D eigenvalue weighted by atomic mass is 9.95. The molecular formula is C23H26N4O4. The third-order valence-corrected chi connectivity index (χ3v) is 5.61. The van der Waals surface area contributed by atoms with Crippen molar-refractivity contribution in [2.45, 2.75) is 46.3 Å². The minimum Gasteiger partial charge on any atom is -0.496 e. The Bertz CT molecular complexity index is 1220. The molecule has 0 aliphatic carbocycles. The van der Waals surface area contributed by atoms with E-state index in [4.69, 9.17) is 4.74 Å². The number of carboxylic acid groups (broad SMARTS) is 1. The van der Waals surface area contributed by atoms with Gasteiger partial charge in [0.25, 0.3) is 0 Å². The van der Waals surface area contributed by atoms with Gasteiger partial charge in [-0.05, 0) is 45.4 Å². The fourth-order valence-electron chi connectivity index (χ4n) is 3.93. The van der Waals surface area contributed by atoms with E-state index in [-0.39, 0.29) is 17.6 Å². The van der Waals surface area contributed by atoms with Crippen LogP contribution >= 0.6 is 0 Å². The molecule has 0 fully saturated rings. The lowest BCUT2D eigenvalue weighted by Crippen LogP contribution is -2.44. The zero-order valence-electron chi connectivity index (χ0n) is 18.3. The third-order valence-electron chi connectivity index (χ3n) is 5.61. The molecule has 3 heterocycles. The van der Waals surface area contributed by atoms with Gasteiger partial charge in [-0.15, -0.1) is 0 Å². The van der Waals surface area contributed by atoms with Gasteiger partial charge < -0.3 is 14.9 Å². The van der Waals surface area contributed by atoms with Crippen LogP contribution in [0.4, 0.5) is 0 Å². The van der Waals surface area contributed by atoms with Gasteiger partial charge >= 0.3 is 5.97 Å². The summed E-state index contributed by atoms with van der Waals surface area (Å²) in [5, 5.41) is 15.9. The minimum absolute atomic E-state index is 0.0882. The summed E-state index contributed by atoms with van der Waals surface area (Å²) < 4.78 is 9.36. The van der Waals surface area contributed by atoms with Crippen molar-refractivity contribution in [3.8, 4) is 28.1 Å². The number of carbonyl (C=O) groups is 1. The van der Waals surface area contributed by atoms with E-state index in [0.29, 0.717) is 18.0 Å². The summed E-state index contributed by atoms with van der Waals surface area (Å²) in [4.78, 5) is 24.0. The fourth-order valence-corrected chi connectivity index (χ4v) is 3.93. The van der Waals surface area contributed by atoms with Crippen molar-refractivity contribution in [2.75, 3.05) is 12.1 Å². The zero-order chi connectivity index (χ0) is 22.4. The minimum atomic E-state index is -1.23. The summed E-state index contributed by atoms with van der Waals surface area (Å²) >= 11 is 0. The first kappa shape index (κ1) is 20.7. The van der Waals surface area contributed by atoms with Gasteiger partial charge in [-0.1, -0.05) is 0 Å². The highest BCUT2D eigenvalue weighted by molar-refractivity contribution is 5.88. The monoisotopic (exact) mass is 422 g/mol. The van der Waals surface area contributed by atoms with E-state index in [1.807, 2.05) is 42.0 Å². The molecule has 1 N–H and O–H groups in total. The molecule has 31 heavy (non-hydrogen) atoms. The molecule has 1 aromatic carbocycles. The van der Waals surface area contributed by atoms with E-state index < -0.39 is 11.4 Å². The molecule has 3 aromatic rings. The number of nitrogens with zero attached hydrogens (tertiary/aromatic N) is 4. The first-order valence-corrected chi connectivity index (χ1v) is 10.2. The van der Waals surface area contributed by atoms with Crippen molar-refractivity contribution in [3.63, 3.8) is 0 Å². The van der Waals surface area contributed by atoms with E-state index in [9.17, 15) is 14.7 Å². The van der Waals surface area contributed by atoms with E-state index >= 15 is 0 Å². The van der Waals surface area contributed by atoms with Crippen molar-refractivity contribution >= 4 is 5.97 Å². The van der Waals surface area contributed by atoms with Gasteiger partial charge in [0.15, 0.2) is 5.43 Å². The van der Waals surface area contributed by atoms with E-state index in [0.717, 1.165) is 22.3 Å². The van der Waals surface area contributed by atoms with Crippen LogP contribution in [-0.2, 0) is 6.54 Å². The predicted molar refractivity (Wildman–Crippen MR) is 118 cm³/mol. The molecule has 0 saturated carbocycles.